The van der Waals surface area contributed by atoms with Gasteiger partial charge in [-0.1, -0.05) is 23.2 Å². The van der Waals surface area contributed by atoms with Gasteiger partial charge in [0.15, 0.2) is 35.6 Å². The van der Waals surface area contributed by atoms with Gasteiger partial charge in [-0.05, 0) is 30.7 Å². The van der Waals surface area contributed by atoms with E-state index in [4.69, 9.17) is 33.2 Å². The van der Waals surface area contributed by atoms with Crippen molar-refractivity contribution in [2.45, 2.75) is 6.92 Å². The van der Waals surface area contributed by atoms with E-state index in [0.717, 1.165) is 0 Å². The third-order valence-electron chi connectivity index (χ3n) is 4.07. The van der Waals surface area contributed by atoms with Crippen LogP contribution in [-0.2, 0) is 4.79 Å². The molecule has 31 heavy (non-hydrogen) atoms. The Balaban J connectivity index is 2.04. The molecule has 0 saturated heterocycles. The Morgan fingerprint density at radius 3 is 2.10 bits per heavy atom. The van der Waals surface area contributed by atoms with Crippen molar-refractivity contribution in [1.29, 1.82) is 5.26 Å². The van der Waals surface area contributed by atoms with Crippen LogP contribution in [0.3, 0.4) is 0 Å². The summed E-state index contributed by atoms with van der Waals surface area (Å²) in [4.78, 5) is 12.7. The lowest BCUT2D eigenvalue weighted by molar-refractivity contribution is -0.114. The Morgan fingerprint density at radius 1 is 1.06 bits per heavy atom. The maximum absolute atomic E-state index is 14.1. The Kier molecular flexibility index (Phi) is 6.20. The lowest BCUT2D eigenvalue weighted by Gasteiger charge is -2.15. The number of hydrazone groups is 1. The molecule has 0 aliphatic carbocycles. The predicted molar refractivity (Wildman–Crippen MR) is 102 cm³/mol. The topological polar surface area (TPSA) is 65.7 Å². The number of amides is 1. The molecule has 1 heterocycles. The van der Waals surface area contributed by atoms with Gasteiger partial charge >= 0.3 is 0 Å². The first-order valence-corrected chi connectivity index (χ1v) is 8.96. The highest BCUT2D eigenvalue weighted by Crippen LogP contribution is 2.37. The van der Waals surface area contributed by atoms with Crippen LogP contribution in [0.25, 0.3) is 6.08 Å². The van der Waals surface area contributed by atoms with E-state index in [1.807, 2.05) is 0 Å². The number of carbonyl (C=O) groups is 1. The number of ether oxygens (including phenoxy) is 1. The lowest BCUT2D eigenvalue weighted by atomic mass is 10.1. The highest BCUT2D eigenvalue weighted by Gasteiger charge is 2.37. The molecule has 3 rings (SSSR count). The molecule has 0 unspecified atom stereocenters. The van der Waals surface area contributed by atoms with Gasteiger partial charge in [0.2, 0.25) is 5.82 Å². The number of hydrogen-bond donors (Lipinski definition) is 0. The van der Waals surface area contributed by atoms with Gasteiger partial charge in [0, 0.05) is 0 Å². The number of anilines is 1. The van der Waals surface area contributed by atoms with Crippen LogP contribution in [-0.4, -0.2) is 18.2 Å². The largest absolute Gasteiger partial charge is 0.476 e. The van der Waals surface area contributed by atoms with E-state index in [9.17, 15) is 26.7 Å². The predicted octanol–water partition coefficient (Wildman–Crippen LogP) is 5.40. The fourth-order valence-electron chi connectivity index (χ4n) is 2.69. The molecule has 0 atom stereocenters. The number of hydrogen-bond acceptors (Lipinski definition) is 4. The van der Waals surface area contributed by atoms with E-state index in [-0.39, 0.29) is 44.3 Å². The molecule has 2 aromatic carbocycles. The second kappa shape index (κ2) is 8.53. The van der Waals surface area contributed by atoms with Gasteiger partial charge in [-0.3, -0.25) is 4.79 Å². The van der Waals surface area contributed by atoms with Gasteiger partial charge < -0.3 is 4.74 Å². The molecule has 0 radical (unpaired) electrons. The highest BCUT2D eigenvalue weighted by molar-refractivity contribution is 6.37. The summed E-state index contributed by atoms with van der Waals surface area (Å²) in [6, 6.07) is 4.40. The number of benzene rings is 2. The maximum Gasteiger partial charge on any atom is 0.280 e. The zero-order valence-electron chi connectivity index (χ0n) is 15.2. The van der Waals surface area contributed by atoms with Crippen molar-refractivity contribution in [2.75, 3.05) is 11.6 Å². The molecule has 12 heteroatoms. The van der Waals surface area contributed by atoms with E-state index in [2.05, 4.69) is 5.10 Å². The molecule has 1 aliphatic rings. The third-order valence-corrected chi connectivity index (χ3v) is 4.64. The molecule has 0 N–H and O–H groups in total. The molecule has 1 aliphatic heterocycles. The summed E-state index contributed by atoms with van der Waals surface area (Å²) >= 11 is 12.1. The summed E-state index contributed by atoms with van der Waals surface area (Å²) < 4.78 is 73.6. The Labute approximate surface area is 181 Å². The average Bonchev–Trinajstić information content (AvgIpc) is 2.98. The number of rotatable bonds is 4. The molecular formula is C19H8Cl2F5N3O2. The van der Waals surface area contributed by atoms with Gasteiger partial charge in [0.1, 0.15) is 11.8 Å². The van der Waals surface area contributed by atoms with Crippen molar-refractivity contribution in [3.63, 3.8) is 0 Å². The molecule has 0 aromatic heterocycles. The zero-order chi connectivity index (χ0) is 23.0. The average molecular weight is 476 g/mol. The van der Waals surface area contributed by atoms with Crippen LogP contribution >= 0.6 is 23.2 Å². The minimum absolute atomic E-state index is 0.00580. The van der Waals surface area contributed by atoms with Crippen LogP contribution in [0.4, 0.5) is 27.6 Å². The van der Waals surface area contributed by atoms with Crippen LogP contribution in [0.5, 0.6) is 5.75 Å². The van der Waals surface area contributed by atoms with Crippen LogP contribution in [0.2, 0.25) is 10.0 Å². The van der Waals surface area contributed by atoms with Gasteiger partial charge in [0.05, 0.1) is 21.3 Å². The first kappa shape index (κ1) is 22.5. The smallest absolute Gasteiger partial charge is 0.280 e. The quantitative estimate of drug-likeness (QED) is 0.257. The Bertz CT molecular complexity index is 1170. The first-order chi connectivity index (χ1) is 14.6. The monoisotopic (exact) mass is 475 g/mol. The number of nitriles is 1. The summed E-state index contributed by atoms with van der Waals surface area (Å²) in [6.07, 6.45) is 1.21. The fraction of sp³-hybridized carbons (Fsp3) is 0.105. The second-order valence-electron chi connectivity index (χ2n) is 6.04. The first-order valence-electron chi connectivity index (χ1n) is 8.20. The molecule has 2 aromatic rings. The summed E-state index contributed by atoms with van der Waals surface area (Å²) in [7, 11) is 0. The van der Waals surface area contributed by atoms with Gasteiger partial charge in [-0.15, -0.1) is 0 Å². The Morgan fingerprint density at radius 2 is 1.58 bits per heavy atom. The van der Waals surface area contributed by atoms with Crippen molar-refractivity contribution in [3.05, 3.63) is 62.4 Å². The van der Waals surface area contributed by atoms with Crippen molar-refractivity contribution < 1.29 is 31.5 Å². The van der Waals surface area contributed by atoms with Crippen LogP contribution < -0.4 is 9.75 Å². The van der Waals surface area contributed by atoms with E-state index in [0.29, 0.717) is 0 Å². The molecule has 0 spiro atoms. The number of halogens is 7. The third kappa shape index (κ3) is 3.94. The van der Waals surface area contributed by atoms with Crippen LogP contribution in [0, 0.1) is 40.4 Å². The lowest BCUT2D eigenvalue weighted by Crippen LogP contribution is -2.25. The number of nitrogens with zero attached hydrogens (tertiary/aromatic N) is 3. The molecule has 1 amide bonds. The summed E-state index contributed by atoms with van der Waals surface area (Å²) in [5.74, 6) is -12.3. The fourth-order valence-corrected chi connectivity index (χ4v) is 3.30. The molecule has 0 saturated carbocycles. The zero-order valence-corrected chi connectivity index (χ0v) is 16.8. The Hall–Kier alpha value is -3.16. The molecule has 160 valence electrons. The highest BCUT2D eigenvalue weighted by atomic mass is 35.5. The summed E-state index contributed by atoms with van der Waals surface area (Å²) in [5, 5.41) is 12.3. The van der Waals surface area contributed by atoms with E-state index in [1.54, 1.807) is 6.07 Å². The van der Waals surface area contributed by atoms with Crippen molar-refractivity contribution in [1.82, 2.24) is 0 Å². The van der Waals surface area contributed by atoms with Gasteiger partial charge in [0.25, 0.3) is 5.91 Å². The van der Waals surface area contributed by atoms with E-state index >= 15 is 0 Å². The molecular weight excluding hydrogens is 468 g/mol. The summed E-state index contributed by atoms with van der Waals surface area (Å²) in [5.41, 5.74) is -1.52. The van der Waals surface area contributed by atoms with Gasteiger partial charge in [-0.2, -0.15) is 15.4 Å². The van der Waals surface area contributed by atoms with Crippen LogP contribution in [0.1, 0.15) is 12.5 Å². The minimum atomic E-state index is -2.36. The standard InChI is InChI=1S/C19H8Cl2F5N3O2/c1-7-9(4-8-5-10(20)18(11(21)6-8)31-3-2-27)19(30)29(28-7)17-15(25)13(23)12(22)14(24)16(17)26/h4-6H,3H2,1H3/b9-4+. The summed E-state index contributed by atoms with van der Waals surface area (Å²) in [6.45, 7) is 0.977. The molecule has 0 fully saturated rings. The molecule has 5 nitrogen and oxygen atoms in total. The SMILES string of the molecule is CC1=NN(c2c(F)c(F)c(F)c(F)c2F)C(=O)/C1=C/c1cc(Cl)c(OCC#N)c(Cl)c1. The normalized spacial score (nSPS) is 14.8. The van der Waals surface area contributed by atoms with E-state index in [1.165, 1.54) is 25.1 Å². The van der Waals surface area contributed by atoms with E-state index < -0.39 is 40.7 Å². The maximum atomic E-state index is 14.1. The van der Waals surface area contributed by atoms with Crippen molar-refractivity contribution in [3.8, 4) is 11.8 Å². The van der Waals surface area contributed by atoms with Crippen molar-refractivity contribution >= 4 is 46.6 Å². The van der Waals surface area contributed by atoms with Crippen LogP contribution in [0.15, 0.2) is 22.8 Å². The molecule has 0 bridgehead atoms. The second-order valence-corrected chi connectivity index (χ2v) is 6.85. The van der Waals surface area contributed by atoms with Gasteiger partial charge in [-0.25, -0.2) is 22.0 Å². The van der Waals surface area contributed by atoms with Crippen molar-refractivity contribution in [2.24, 2.45) is 5.10 Å². The number of carbonyl (C=O) groups excluding carboxylic acids is 1. The minimum Gasteiger partial charge on any atom is -0.476 e.